The van der Waals surface area contributed by atoms with Crippen LogP contribution in [-0.4, -0.2) is 30.1 Å². The summed E-state index contributed by atoms with van der Waals surface area (Å²) in [6.45, 7) is -0.725. The molecule has 0 unspecified atom stereocenters. The van der Waals surface area contributed by atoms with Crippen molar-refractivity contribution in [3.05, 3.63) is 29.8 Å². The zero-order valence-electron chi connectivity index (χ0n) is 10.9. The van der Waals surface area contributed by atoms with Gasteiger partial charge in [0.15, 0.2) is 6.61 Å². The second-order valence-corrected chi connectivity index (χ2v) is 3.96. The lowest BCUT2D eigenvalue weighted by molar-refractivity contribution is -0.137. The standard InChI is InChI=1S/C12H14F3N3O3/c13-12(14,15)8-2-1-3-9(6-8)17-11(20)7-21-18-10(16)4-5-19/h1-3,6,19H,4-5,7H2,(H2,16,18)(H,17,20). The summed E-state index contributed by atoms with van der Waals surface area (Å²) in [5, 5.41) is 14.1. The average molecular weight is 305 g/mol. The van der Waals surface area contributed by atoms with E-state index in [0.29, 0.717) is 0 Å². The number of benzene rings is 1. The van der Waals surface area contributed by atoms with Crippen molar-refractivity contribution in [2.24, 2.45) is 10.9 Å². The van der Waals surface area contributed by atoms with Gasteiger partial charge in [0, 0.05) is 12.1 Å². The van der Waals surface area contributed by atoms with Crippen molar-refractivity contribution in [1.82, 2.24) is 0 Å². The molecule has 0 aliphatic heterocycles. The third-order valence-electron chi connectivity index (χ3n) is 2.22. The fourth-order valence-corrected chi connectivity index (χ4v) is 1.30. The van der Waals surface area contributed by atoms with Gasteiger partial charge in [0.05, 0.1) is 12.2 Å². The number of nitrogens with zero attached hydrogens (tertiary/aromatic N) is 1. The molecule has 116 valence electrons. The highest BCUT2D eigenvalue weighted by atomic mass is 19.4. The fourth-order valence-electron chi connectivity index (χ4n) is 1.30. The number of nitrogens with one attached hydrogen (secondary N) is 1. The molecule has 4 N–H and O–H groups in total. The SMILES string of the molecule is N/C(CCO)=N\OCC(=O)Nc1cccc(C(F)(F)F)c1. The minimum atomic E-state index is -4.49. The van der Waals surface area contributed by atoms with Crippen LogP contribution in [0.5, 0.6) is 0 Å². The quantitative estimate of drug-likeness (QED) is 0.419. The molecule has 0 radical (unpaired) electrons. The molecule has 0 saturated heterocycles. The number of rotatable bonds is 6. The molecular formula is C12H14F3N3O3. The molecule has 0 fully saturated rings. The Morgan fingerprint density at radius 1 is 1.43 bits per heavy atom. The molecule has 21 heavy (non-hydrogen) atoms. The number of carbonyl (C=O) groups excluding carboxylic acids is 1. The molecule has 0 spiro atoms. The molecule has 0 heterocycles. The topological polar surface area (TPSA) is 96.9 Å². The zero-order valence-corrected chi connectivity index (χ0v) is 10.9. The molecule has 0 atom stereocenters. The molecule has 1 amide bonds. The molecule has 0 aliphatic rings. The minimum absolute atomic E-state index is 0.00405. The van der Waals surface area contributed by atoms with E-state index in [0.717, 1.165) is 12.1 Å². The summed E-state index contributed by atoms with van der Waals surface area (Å²) in [7, 11) is 0. The monoisotopic (exact) mass is 305 g/mol. The number of oxime groups is 1. The van der Waals surface area contributed by atoms with Gasteiger partial charge in [0.25, 0.3) is 5.91 Å². The summed E-state index contributed by atoms with van der Waals surface area (Å²) in [5.41, 5.74) is 4.42. The van der Waals surface area contributed by atoms with Gasteiger partial charge < -0.3 is 21.0 Å². The molecule has 6 nitrogen and oxygen atoms in total. The predicted octanol–water partition coefficient (Wildman–Crippen LogP) is 1.32. The Balaban J connectivity index is 2.54. The average Bonchev–Trinajstić information content (AvgIpc) is 2.38. The highest BCUT2D eigenvalue weighted by Crippen LogP contribution is 2.30. The van der Waals surface area contributed by atoms with Crippen LogP contribution in [0.3, 0.4) is 0 Å². The second kappa shape index (κ2) is 7.48. The van der Waals surface area contributed by atoms with E-state index < -0.39 is 24.3 Å². The van der Waals surface area contributed by atoms with Crippen molar-refractivity contribution in [1.29, 1.82) is 0 Å². The maximum absolute atomic E-state index is 12.5. The fraction of sp³-hybridized carbons (Fsp3) is 0.333. The van der Waals surface area contributed by atoms with Gasteiger partial charge >= 0.3 is 6.18 Å². The van der Waals surface area contributed by atoms with Crippen molar-refractivity contribution in [3.8, 4) is 0 Å². The predicted molar refractivity (Wildman–Crippen MR) is 69.4 cm³/mol. The van der Waals surface area contributed by atoms with Crippen LogP contribution >= 0.6 is 0 Å². The van der Waals surface area contributed by atoms with Crippen molar-refractivity contribution < 1.29 is 27.9 Å². The van der Waals surface area contributed by atoms with Crippen LogP contribution in [0.15, 0.2) is 29.4 Å². The lowest BCUT2D eigenvalue weighted by Crippen LogP contribution is -2.19. The number of amidine groups is 1. The van der Waals surface area contributed by atoms with Crippen LogP contribution in [0.4, 0.5) is 18.9 Å². The Morgan fingerprint density at radius 3 is 2.76 bits per heavy atom. The van der Waals surface area contributed by atoms with E-state index in [4.69, 9.17) is 10.8 Å². The van der Waals surface area contributed by atoms with Gasteiger partial charge in [-0.3, -0.25) is 4.79 Å². The first-order valence-corrected chi connectivity index (χ1v) is 5.85. The Hall–Kier alpha value is -2.29. The lowest BCUT2D eigenvalue weighted by Gasteiger charge is -2.09. The van der Waals surface area contributed by atoms with Gasteiger partial charge in [0.2, 0.25) is 0 Å². The third kappa shape index (κ3) is 6.13. The highest BCUT2D eigenvalue weighted by molar-refractivity contribution is 5.91. The molecule has 1 rings (SSSR count). The van der Waals surface area contributed by atoms with Crippen LogP contribution in [0.25, 0.3) is 0 Å². The summed E-state index contributed by atoms with van der Waals surface area (Å²) >= 11 is 0. The van der Waals surface area contributed by atoms with Crippen molar-refractivity contribution >= 4 is 17.4 Å². The Labute approximate surface area is 118 Å². The van der Waals surface area contributed by atoms with Crippen LogP contribution in [0.1, 0.15) is 12.0 Å². The van der Waals surface area contributed by atoms with Crippen molar-refractivity contribution in [2.75, 3.05) is 18.5 Å². The number of aliphatic hydroxyl groups is 1. The molecular weight excluding hydrogens is 291 g/mol. The highest BCUT2D eigenvalue weighted by Gasteiger charge is 2.30. The van der Waals surface area contributed by atoms with Gasteiger partial charge in [-0.25, -0.2) is 0 Å². The normalized spacial score (nSPS) is 12.1. The number of hydrogen-bond acceptors (Lipinski definition) is 4. The Bertz CT molecular complexity index is 518. The molecule has 0 bridgehead atoms. The summed E-state index contributed by atoms with van der Waals surface area (Å²) in [6, 6.07) is 4.19. The van der Waals surface area contributed by atoms with E-state index in [-0.39, 0.29) is 24.6 Å². The summed E-state index contributed by atoms with van der Waals surface area (Å²) in [6.07, 6.45) is -4.39. The number of aliphatic hydroxyl groups excluding tert-OH is 1. The molecule has 1 aromatic rings. The van der Waals surface area contributed by atoms with Gasteiger partial charge in [-0.05, 0) is 18.2 Å². The molecule has 0 saturated carbocycles. The smallest absolute Gasteiger partial charge is 0.396 e. The number of nitrogens with two attached hydrogens (primary N) is 1. The van der Waals surface area contributed by atoms with Crippen LogP contribution < -0.4 is 11.1 Å². The van der Waals surface area contributed by atoms with E-state index in [1.165, 1.54) is 12.1 Å². The van der Waals surface area contributed by atoms with E-state index in [1.807, 2.05) is 0 Å². The van der Waals surface area contributed by atoms with E-state index in [1.54, 1.807) is 0 Å². The summed E-state index contributed by atoms with van der Waals surface area (Å²) in [5.74, 6) is -0.681. The maximum Gasteiger partial charge on any atom is 0.416 e. The Kier molecular flexibility index (Phi) is 5.97. The van der Waals surface area contributed by atoms with Gasteiger partial charge in [-0.2, -0.15) is 13.2 Å². The van der Waals surface area contributed by atoms with E-state index in [2.05, 4.69) is 15.3 Å². The van der Waals surface area contributed by atoms with E-state index >= 15 is 0 Å². The Morgan fingerprint density at radius 2 is 2.14 bits per heavy atom. The molecule has 0 aliphatic carbocycles. The van der Waals surface area contributed by atoms with Gasteiger partial charge in [0.1, 0.15) is 5.84 Å². The van der Waals surface area contributed by atoms with Crippen molar-refractivity contribution in [3.63, 3.8) is 0 Å². The lowest BCUT2D eigenvalue weighted by atomic mass is 10.2. The first-order chi connectivity index (χ1) is 9.82. The van der Waals surface area contributed by atoms with Crippen LogP contribution in [-0.2, 0) is 15.8 Å². The number of hydrogen-bond donors (Lipinski definition) is 3. The van der Waals surface area contributed by atoms with Gasteiger partial charge in [-0.15, -0.1) is 0 Å². The van der Waals surface area contributed by atoms with Gasteiger partial charge in [-0.1, -0.05) is 11.2 Å². The molecule has 0 aromatic heterocycles. The van der Waals surface area contributed by atoms with Crippen molar-refractivity contribution in [2.45, 2.75) is 12.6 Å². The first-order valence-electron chi connectivity index (χ1n) is 5.85. The minimum Gasteiger partial charge on any atom is -0.396 e. The summed E-state index contributed by atoms with van der Waals surface area (Å²) in [4.78, 5) is 16.0. The molecule has 1 aromatic carbocycles. The first kappa shape index (κ1) is 16.8. The number of anilines is 1. The zero-order chi connectivity index (χ0) is 15.9. The maximum atomic E-state index is 12.5. The van der Waals surface area contributed by atoms with E-state index in [9.17, 15) is 18.0 Å². The summed E-state index contributed by atoms with van der Waals surface area (Å²) < 4.78 is 37.4. The third-order valence-corrected chi connectivity index (χ3v) is 2.22. The number of carbonyl (C=O) groups is 1. The number of alkyl halides is 3. The molecule has 9 heteroatoms. The second-order valence-electron chi connectivity index (χ2n) is 3.96. The largest absolute Gasteiger partial charge is 0.416 e. The number of amides is 1. The van der Waals surface area contributed by atoms with Crippen LogP contribution in [0, 0.1) is 0 Å². The van der Waals surface area contributed by atoms with Crippen LogP contribution in [0.2, 0.25) is 0 Å². The number of halogens is 3.